The summed E-state index contributed by atoms with van der Waals surface area (Å²) in [6.45, 7) is 5.46. The van der Waals surface area contributed by atoms with Crippen LogP contribution in [0.5, 0.6) is 0 Å². The summed E-state index contributed by atoms with van der Waals surface area (Å²) < 4.78 is 6.05. The largest absolute Gasteiger partial charge is 0.383 e. The number of pyridine rings is 1. The number of nitrogen functional groups attached to an aromatic ring is 1. The van der Waals surface area contributed by atoms with Crippen LogP contribution in [0, 0.1) is 5.92 Å². The first kappa shape index (κ1) is 16.2. The summed E-state index contributed by atoms with van der Waals surface area (Å²) in [5, 5.41) is 3.66. The molecule has 0 amide bonds. The molecule has 0 saturated heterocycles. The minimum atomic E-state index is -0.168. The van der Waals surface area contributed by atoms with Crippen molar-refractivity contribution in [3.05, 3.63) is 23.9 Å². The topological polar surface area (TPSA) is 60.2 Å². The minimum Gasteiger partial charge on any atom is -0.383 e. The lowest BCUT2D eigenvalue weighted by Crippen LogP contribution is -2.48. The number of ether oxygens (including phenoxy) is 1. The summed E-state index contributed by atoms with van der Waals surface area (Å²) in [7, 11) is 1.84. The molecule has 4 nitrogen and oxygen atoms in total. The van der Waals surface area contributed by atoms with Gasteiger partial charge in [-0.3, -0.25) is 0 Å². The predicted octanol–water partition coefficient (Wildman–Crippen LogP) is 3.30. The highest BCUT2D eigenvalue weighted by molar-refractivity contribution is 5.42. The molecule has 0 radical (unpaired) electrons. The van der Waals surface area contributed by atoms with Crippen molar-refractivity contribution in [3.63, 3.8) is 0 Å². The zero-order valence-corrected chi connectivity index (χ0v) is 13.6. The molecule has 0 aromatic carbocycles. The van der Waals surface area contributed by atoms with Crippen molar-refractivity contribution >= 4 is 5.82 Å². The Morgan fingerprint density at radius 1 is 1.48 bits per heavy atom. The number of rotatable bonds is 6. The van der Waals surface area contributed by atoms with E-state index in [0.717, 1.165) is 37.3 Å². The molecule has 1 heterocycles. The minimum absolute atomic E-state index is 0.114. The Morgan fingerprint density at radius 3 is 2.76 bits per heavy atom. The highest BCUT2D eigenvalue weighted by Crippen LogP contribution is 2.43. The van der Waals surface area contributed by atoms with Crippen LogP contribution in [0.15, 0.2) is 18.3 Å². The summed E-state index contributed by atoms with van der Waals surface area (Å²) in [5.74, 6) is 1.40. The van der Waals surface area contributed by atoms with Crippen LogP contribution in [-0.4, -0.2) is 24.2 Å². The quantitative estimate of drug-likeness (QED) is 0.844. The third-order valence-corrected chi connectivity index (χ3v) is 4.83. The second kappa shape index (κ2) is 7.23. The SMILES string of the molecule is CCCNC(c1cccnc1N)C1(OC)CCC(C)CC1. The van der Waals surface area contributed by atoms with Crippen molar-refractivity contribution in [2.24, 2.45) is 5.92 Å². The molecule has 0 aliphatic heterocycles. The predicted molar refractivity (Wildman–Crippen MR) is 87.1 cm³/mol. The van der Waals surface area contributed by atoms with E-state index in [0.29, 0.717) is 5.82 Å². The van der Waals surface area contributed by atoms with Crippen LogP contribution >= 0.6 is 0 Å². The number of nitrogens with zero attached hydrogens (tertiary/aromatic N) is 1. The Morgan fingerprint density at radius 2 is 2.19 bits per heavy atom. The van der Waals surface area contributed by atoms with Crippen LogP contribution in [0.1, 0.15) is 57.6 Å². The van der Waals surface area contributed by atoms with Gasteiger partial charge < -0.3 is 15.8 Å². The molecule has 0 bridgehead atoms. The normalized spacial score (nSPS) is 27.5. The van der Waals surface area contributed by atoms with Crippen molar-refractivity contribution < 1.29 is 4.74 Å². The van der Waals surface area contributed by atoms with Gasteiger partial charge in [-0.25, -0.2) is 4.98 Å². The fourth-order valence-electron chi connectivity index (χ4n) is 3.40. The van der Waals surface area contributed by atoms with Crippen molar-refractivity contribution in [2.75, 3.05) is 19.4 Å². The standard InChI is InChI=1S/C17H29N3O/c1-4-11-19-15(14-6-5-12-20-16(14)18)17(21-3)9-7-13(2)8-10-17/h5-6,12-13,15,19H,4,7-11H2,1-3H3,(H2,18,20). The van der Waals surface area contributed by atoms with Gasteiger partial charge in [-0.05, 0) is 50.6 Å². The molecule has 1 unspecified atom stereocenters. The summed E-state index contributed by atoms with van der Waals surface area (Å²) in [6, 6.07) is 4.15. The number of hydrogen-bond acceptors (Lipinski definition) is 4. The van der Waals surface area contributed by atoms with Gasteiger partial charge in [0.05, 0.1) is 11.6 Å². The van der Waals surface area contributed by atoms with Crippen molar-refractivity contribution in [2.45, 2.75) is 57.6 Å². The summed E-state index contributed by atoms with van der Waals surface area (Å²) in [5.41, 5.74) is 7.04. The third kappa shape index (κ3) is 3.55. The molecule has 1 fully saturated rings. The fourth-order valence-corrected chi connectivity index (χ4v) is 3.40. The van der Waals surface area contributed by atoms with Gasteiger partial charge in [0.15, 0.2) is 0 Å². The number of hydrogen-bond donors (Lipinski definition) is 2. The number of methoxy groups -OCH3 is 1. The average Bonchev–Trinajstić information content (AvgIpc) is 2.51. The Kier molecular flexibility index (Phi) is 5.59. The maximum Gasteiger partial charge on any atom is 0.128 e. The molecule has 0 spiro atoms. The Hall–Kier alpha value is -1.13. The van der Waals surface area contributed by atoms with Crippen LogP contribution in [0.4, 0.5) is 5.82 Å². The van der Waals surface area contributed by atoms with E-state index >= 15 is 0 Å². The highest BCUT2D eigenvalue weighted by Gasteiger charge is 2.42. The molecule has 1 aromatic heterocycles. The first-order chi connectivity index (χ1) is 10.1. The van der Waals surface area contributed by atoms with E-state index in [1.807, 2.05) is 13.2 Å². The molecule has 1 saturated carbocycles. The molecule has 4 heteroatoms. The highest BCUT2D eigenvalue weighted by atomic mass is 16.5. The molecule has 3 N–H and O–H groups in total. The van der Waals surface area contributed by atoms with Gasteiger partial charge in [-0.15, -0.1) is 0 Å². The summed E-state index contributed by atoms with van der Waals surface area (Å²) >= 11 is 0. The molecule has 1 aliphatic rings. The van der Waals surface area contributed by atoms with E-state index in [1.54, 1.807) is 6.20 Å². The van der Waals surface area contributed by atoms with E-state index in [9.17, 15) is 0 Å². The first-order valence-corrected chi connectivity index (χ1v) is 8.12. The van der Waals surface area contributed by atoms with Crippen LogP contribution < -0.4 is 11.1 Å². The number of nitrogens with two attached hydrogens (primary N) is 1. The van der Waals surface area contributed by atoms with Gasteiger partial charge in [0.25, 0.3) is 0 Å². The maximum absolute atomic E-state index is 6.13. The van der Waals surface area contributed by atoms with Crippen LogP contribution in [0.3, 0.4) is 0 Å². The smallest absolute Gasteiger partial charge is 0.128 e. The lowest BCUT2D eigenvalue weighted by atomic mass is 9.73. The maximum atomic E-state index is 6.13. The molecule has 118 valence electrons. The Labute approximate surface area is 128 Å². The first-order valence-electron chi connectivity index (χ1n) is 8.12. The number of nitrogens with one attached hydrogen (secondary N) is 1. The van der Waals surface area contributed by atoms with Gasteiger partial charge in [0, 0.05) is 18.9 Å². The molecule has 2 rings (SSSR count). The van der Waals surface area contributed by atoms with Crippen LogP contribution in [0.2, 0.25) is 0 Å². The Bertz CT molecular complexity index is 441. The molecule has 1 atom stereocenters. The van der Waals surface area contributed by atoms with E-state index in [1.165, 1.54) is 12.8 Å². The second-order valence-electron chi connectivity index (χ2n) is 6.32. The molecule has 21 heavy (non-hydrogen) atoms. The lowest BCUT2D eigenvalue weighted by Gasteiger charge is -2.44. The summed E-state index contributed by atoms with van der Waals surface area (Å²) in [6.07, 6.45) is 7.39. The second-order valence-corrected chi connectivity index (χ2v) is 6.32. The van der Waals surface area contributed by atoms with Crippen LogP contribution in [-0.2, 0) is 4.74 Å². The van der Waals surface area contributed by atoms with Crippen LogP contribution in [0.25, 0.3) is 0 Å². The average molecular weight is 291 g/mol. The zero-order chi connectivity index (χ0) is 15.3. The van der Waals surface area contributed by atoms with E-state index in [4.69, 9.17) is 10.5 Å². The van der Waals surface area contributed by atoms with E-state index < -0.39 is 0 Å². The molecular formula is C17H29N3O. The zero-order valence-electron chi connectivity index (χ0n) is 13.6. The van der Waals surface area contributed by atoms with Gasteiger partial charge in [0.2, 0.25) is 0 Å². The van der Waals surface area contributed by atoms with Gasteiger partial charge in [0.1, 0.15) is 5.82 Å². The van der Waals surface area contributed by atoms with E-state index in [2.05, 4.69) is 30.2 Å². The van der Waals surface area contributed by atoms with Gasteiger partial charge >= 0.3 is 0 Å². The fraction of sp³-hybridized carbons (Fsp3) is 0.706. The van der Waals surface area contributed by atoms with Crippen molar-refractivity contribution in [1.29, 1.82) is 0 Å². The Balaban J connectivity index is 2.32. The van der Waals surface area contributed by atoms with E-state index in [-0.39, 0.29) is 11.6 Å². The van der Waals surface area contributed by atoms with Crippen molar-refractivity contribution in [1.82, 2.24) is 10.3 Å². The van der Waals surface area contributed by atoms with Gasteiger partial charge in [-0.1, -0.05) is 19.9 Å². The molecular weight excluding hydrogens is 262 g/mol. The van der Waals surface area contributed by atoms with Gasteiger partial charge in [-0.2, -0.15) is 0 Å². The monoisotopic (exact) mass is 291 g/mol. The summed E-state index contributed by atoms with van der Waals surface area (Å²) in [4.78, 5) is 4.27. The third-order valence-electron chi connectivity index (χ3n) is 4.83. The lowest BCUT2D eigenvalue weighted by molar-refractivity contribution is -0.0759. The van der Waals surface area contributed by atoms with Crippen molar-refractivity contribution in [3.8, 4) is 0 Å². The molecule has 1 aliphatic carbocycles. The number of aromatic nitrogens is 1. The molecule has 1 aromatic rings. The number of anilines is 1.